The second-order valence-corrected chi connectivity index (χ2v) is 7.67. The van der Waals surface area contributed by atoms with Crippen LogP contribution in [0.2, 0.25) is 0 Å². The van der Waals surface area contributed by atoms with E-state index in [0.717, 1.165) is 42.1 Å². The molecule has 2 heterocycles. The first-order valence-electron chi connectivity index (χ1n) is 9.05. The number of hydrogen-bond donors (Lipinski definition) is 1. The Morgan fingerprint density at radius 3 is 2.64 bits per heavy atom. The number of hydrogen-bond acceptors (Lipinski definition) is 5. The minimum atomic E-state index is 0.0655. The van der Waals surface area contributed by atoms with Gasteiger partial charge in [-0.15, -0.1) is 0 Å². The number of nitrogens with zero attached hydrogens (tertiary/aromatic N) is 1. The van der Waals surface area contributed by atoms with Gasteiger partial charge in [0, 0.05) is 30.6 Å². The number of benzene rings is 1. The fourth-order valence-corrected chi connectivity index (χ4v) is 3.61. The summed E-state index contributed by atoms with van der Waals surface area (Å²) in [4.78, 5) is 2.51. The highest BCUT2D eigenvalue weighted by Gasteiger charge is 2.32. The number of morpholine rings is 1. The summed E-state index contributed by atoms with van der Waals surface area (Å²) in [6, 6.07) is 8.03. The molecule has 1 fully saturated rings. The molecule has 0 radical (unpaired) electrons. The molecule has 1 aromatic heterocycles. The average molecular weight is 346 g/mol. The third-order valence-electron chi connectivity index (χ3n) is 4.91. The van der Waals surface area contributed by atoms with Crippen LogP contribution < -0.4 is 10.1 Å². The number of para-hydroxylation sites is 1. The molecule has 1 aliphatic rings. The molecule has 5 heteroatoms. The van der Waals surface area contributed by atoms with Crippen LogP contribution in [-0.4, -0.2) is 49.4 Å². The van der Waals surface area contributed by atoms with Crippen LogP contribution >= 0.6 is 0 Å². The molecule has 1 aliphatic heterocycles. The lowest BCUT2D eigenvalue weighted by atomic mass is 10.00. The van der Waals surface area contributed by atoms with Crippen LogP contribution in [-0.2, 0) is 11.3 Å². The predicted molar refractivity (Wildman–Crippen MR) is 100 cm³/mol. The summed E-state index contributed by atoms with van der Waals surface area (Å²) in [6.45, 7) is 12.4. The summed E-state index contributed by atoms with van der Waals surface area (Å²) in [6.07, 6.45) is 0.566. The van der Waals surface area contributed by atoms with Gasteiger partial charge in [-0.2, -0.15) is 0 Å². The number of rotatable bonds is 6. The number of nitrogens with one attached hydrogen (secondary N) is 1. The lowest BCUT2D eigenvalue weighted by molar-refractivity contribution is -0.0952. The quantitative estimate of drug-likeness (QED) is 0.868. The smallest absolute Gasteiger partial charge is 0.176 e. The molecule has 0 spiro atoms. The molecular formula is C20H30N2O3. The molecule has 0 saturated carbocycles. The summed E-state index contributed by atoms with van der Waals surface area (Å²) in [7, 11) is 1.67. The molecule has 0 bridgehead atoms. The van der Waals surface area contributed by atoms with Gasteiger partial charge in [0.1, 0.15) is 5.76 Å². The summed E-state index contributed by atoms with van der Waals surface area (Å²) in [5.74, 6) is 1.71. The number of furan rings is 1. The third-order valence-corrected chi connectivity index (χ3v) is 4.91. The molecule has 0 amide bonds. The second kappa shape index (κ2) is 7.36. The van der Waals surface area contributed by atoms with Gasteiger partial charge in [-0.1, -0.05) is 12.1 Å². The van der Waals surface area contributed by atoms with Crippen molar-refractivity contribution in [1.29, 1.82) is 0 Å². The van der Waals surface area contributed by atoms with E-state index in [9.17, 15) is 0 Å². The van der Waals surface area contributed by atoms with Crippen molar-refractivity contribution in [2.45, 2.75) is 52.0 Å². The van der Waals surface area contributed by atoms with Gasteiger partial charge in [0.15, 0.2) is 11.3 Å². The first-order chi connectivity index (χ1) is 11.9. The zero-order valence-electron chi connectivity index (χ0n) is 16.0. The number of ether oxygens (including phenoxy) is 2. The van der Waals surface area contributed by atoms with Crippen molar-refractivity contribution in [2.24, 2.45) is 0 Å². The fourth-order valence-electron chi connectivity index (χ4n) is 3.61. The molecule has 5 nitrogen and oxygen atoms in total. The van der Waals surface area contributed by atoms with E-state index in [2.05, 4.69) is 44.0 Å². The van der Waals surface area contributed by atoms with E-state index in [0.29, 0.717) is 6.54 Å². The van der Waals surface area contributed by atoms with Gasteiger partial charge in [-0.05, 0) is 39.8 Å². The maximum absolute atomic E-state index is 5.96. The summed E-state index contributed by atoms with van der Waals surface area (Å²) < 4.78 is 17.2. The maximum atomic E-state index is 5.96. The van der Waals surface area contributed by atoms with E-state index in [1.54, 1.807) is 7.11 Å². The Labute approximate surface area is 150 Å². The van der Waals surface area contributed by atoms with E-state index in [1.807, 2.05) is 18.2 Å². The standard InChI is InChI=1S/C20H30N2O3/c1-14-11-22(12-15(2)24-14)20(3,4)13-21-10-17-9-16-7-6-8-18(23-5)19(16)25-17/h6-9,14-15,21H,10-13H2,1-5H3. The molecule has 2 atom stereocenters. The SMILES string of the molecule is COc1cccc2cc(CNCC(C)(C)N3CC(C)OC(C)C3)oc12. The topological polar surface area (TPSA) is 46.9 Å². The molecule has 1 aromatic carbocycles. The van der Waals surface area contributed by atoms with Crippen LogP contribution in [0.1, 0.15) is 33.5 Å². The lowest BCUT2D eigenvalue weighted by Gasteiger charge is -2.45. The lowest BCUT2D eigenvalue weighted by Crippen LogP contribution is -2.58. The molecule has 3 rings (SSSR count). The molecule has 25 heavy (non-hydrogen) atoms. The van der Waals surface area contributed by atoms with Gasteiger partial charge in [0.2, 0.25) is 0 Å². The summed E-state index contributed by atoms with van der Waals surface area (Å²) in [5.41, 5.74) is 0.882. The maximum Gasteiger partial charge on any atom is 0.176 e. The highest BCUT2D eigenvalue weighted by molar-refractivity contribution is 5.83. The van der Waals surface area contributed by atoms with Gasteiger partial charge in [-0.3, -0.25) is 4.90 Å². The van der Waals surface area contributed by atoms with Crippen molar-refractivity contribution >= 4 is 11.0 Å². The van der Waals surface area contributed by atoms with Crippen molar-refractivity contribution < 1.29 is 13.9 Å². The molecule has 1 saturated heterocycles. The predicted octanol–water partition coefficient (Wildman–Crippen LogP) is 3.42. The summed E-state index contributed by atoms with van der Waals surface area (Å²) in [5, 5.41) is 4.63. The molecule has 1 N–H and O–H groups in total. The van der Waals surface area contributed by atoms with Gasteiger partial charge < -0.3 is 19.2 Å². The van der Waals surface area contributed by atoms with Crippen LogP contribution in [0.25, 0.3) is 11.0 Å². The van der Waals surface area contributed by atoms with Crippen LogP contribution in [0, 0.1) is 0 Å². The van der Waals surface area contributed by atoms with Crippen LogP contribution in [0.3, 0.4) is 0 Å². The third kappa shape index (κ3) is 4.17. The normalized spacial score (nSPS) is 22.4. The Bertz CT molecular complexity index is 700. The summed E-state index contributed by atoms with van der Waals surface area (Å²) >= 11 is 0. The van der Waals surface area contributed by atoms with Gasteiger partial charge in [-0.25, -0.2) is 0 Å². The highest BCUT2D eigenvalue weighted by atomic mass is 16.5. The molecule has 2 aromatic rings. The highest BCUT2D eigenvalue weighted by Crippen LogP contribution is 2.28. The fraction of sp³-hybridized carbons (Fsp3) is 0.600. The van der Waals surface area contributed by atoms with Gasteiger partial charge >= 0.3 is 0 Å². The largest absolute Gasteiger partial charge is 0.493 e. The second-order valence-electron chi connectivity index (χ2n) is 7.67. The minimum absolute atomic E-state index is 0.0655. The minimum Gasteiger partial charge on any atom is -0.493 e. The Morgan fingerprint density at radius 1 is 1.24 bits per heavy atom. The number of methoxy groups -OCH3 is 1. The van der Waals surface area contributed by atoms with Crippen LogP contribution in [0.4, 0.5) is 0 Å². The Kier molecular flexibility index (Phi) is 5.37. The van der Waals surface area contributed by atoms with Crippen molar-refractivity contribution in [1.82, 2.24) is 10.2 Å². The van der Waals surface area contributed by atoms with E-state index in [4.69, 9.17) is 13.9 Å². The zero-order valence-corrected chi connectivity index (χ0v) is 16.0. The first kappa shape index (κ1) is 18.2. The van der Waals surface area contributed by atoms with E-state index in [1.165, 1.54) is 0 Å². The Morgan fingerprint density at radius 2 is 1.96 bits per heavy atom. The monoisotopic (exact) mass is 346 g/mol. The van der Waals surface area contributed by atoms with Crippen molar-refractivity contribution in [3.8, 4) is 5.75 Å². The Hall–Kier alpha value is -1.56. The molecule has 2 unspecified atom stereocenters. The van der Waals surface area contributed by atoms with Gasteiger partial charge in [0.25, 0.3) is 0 Å². The number of fused-ring (bicyclic) bond motifs is 1. The van der Waals surface area contributed by atoms with E-state index in [-0.39, 0.29) is 17.7 Å². The van der Waals surface area contributed by atoms with Crippen molar-refractivity contribution in [2.75, 3.05) is 26.7 Å². The molecular weight excluding hydrogens is 316 g/mol. The van der Waals surface area contributed by atoms with Crippen LogP contribution in [0.5, 0.6) is 5.75 Å². The van der Waals surface area contributed by atoms with Crippen LogP contribution in [0.15, 0.2) is 28.7 Å². The Balaban J connectivity index is 1.60. The van der Waals surface area contributed by atoms with Crippen molar-refractivity contribution in [3.63, 3.8) is 0 Å². The van der Waals surface area contributed by atoms with Gasteiger partial charge in [0.05, 0.1) is 25.9 Å². The van der Waals surface area contributed by atoms with E-state index >= 15 is 0 Å². The van der Waals surface area contributed by atoms with E-state index < -0.39 is 0 Å². The zero-order chi connectivity index (χ0) is 18.0. The average Bonchev–Trinajstić information content (AvgIpc) is 2.96. The molecule has 138 valence electrons. The van der Waals surface area contributed by atoms with Crippen molar-refractivity contribution in [3.05, 3.63) is 30.0 Å². The molecule has 0 aliphatic carbocycles. The first-order valence-corrected chi connectivity index (χ1v) is 9.05.